The Morgan fingerprint density at radius 1 is 0.897 bits per heavy atom. The van der Waals surface area contributed by atoms with Crippen LogP contribution in [0.15, 0.2) is 36.4 Å². The minimum absolute atomic E-state index is 0.249. The summed E-state index contributed by atoms with van der Waals surface area (Å²) in [6, 6.07) is 13.6. The van der Waals surface area contributed by atoms with Crippen LogP contribution in [-0.2, 0) is 0 Å². The zero-order valence-corrected chi connectivity index (χ0v) is 23.2. The average Bonchev–Trinajstić information content (AvgIpc) is 3.61. The fourth-order valence-electron chi connectivity index (χ4n) is 6.92. The molecule has 2 N–H and O–H groups in total. The number of aromatic amines is 2. The van der Waals surface area contributed by atoms with Gasteiger partial charge in [-0.25, -0.2) is 4.98 Å². The van der Waals surface area contributed by atoms with E-state index < -0.39 is 0 Å². The van der Waals surface area contributed by atoms with E-state index in [4.69, 9.17) is 9.72 Å². The third-order valence-corrected chi connectivity index (χ3v) is 9.17. The number of nitrogens with one attached hydrogen (secondary N) is 2. The van der Waals surface area contributed by atoms with E-state index in [0.29, 0.717) is 0 Å². The highest BCUT2D eigenvalue weighted by Crippen LogP contribution is 2.31. The highest BCUT2D eigenvalue weighted by Gasteiger charge is 2.26. The summed E-state index contributed by atoms with van der Waals surface area (Å²) in [7, 11) is 0. The van der Waals surface area contributed by atoms with Crippen molar-refractivity contribution >= 4 is 27.6 Å². The topological polar surface area (TPSA) is 76.3 Å². The van der Waals surface area contributed by atoms with Crippen molar-refractivity contribution in [2.45, 2.75) is 64.0 Å². The number of likely N-dealkylation sites (N-methyl/N-ethyl adjacent to an activating group) is 1. The summed E-state index contributed by atoms with van der Waals surface area (Å²) in [6.45, 7) is 10.3. The van der Waals surface area contributed by atoms with Gasteiger partial charge >= 0.3 is 0 Å². The SMILES string of the molecule is CCN1CCCC(Oc2ccc3c(-c4nc5ccc(N6CCC(N7CCCCC7)CC6)cc5[nH]4)n[nH]c3c2)C1. The van der Waals surface area contributed by atoms with Crippen molar-refractivity contribution in [1.82, 2.24) is 30.0 Å². The Morgan fingerprint density at radius 3 is 2.62 bits per heavy atom. The Hall–Kier alpha value is -3.10. The summed E-state index contributed by atoms with van der Waals surface area (Å²) in [6.07, 6.45) is 9.22. The molecule has 3 saturated heterocycles. The zero-order chi connectivity index (χ0) is 26.2. The molecule has 3 aliphatic rings. The molecule has 2 aromatic heterocycles. The van der Waals surface area contributed by atoms with Crippen LogP contribution in [-0.4, -0.2) is 87.9 Å². The highest BCUT2D eigenvalue weighted by atomic mass is 16.5. The largest absolute Gasteiger partial charge is 0.489 e. The number of H-pyrrole nitrogens is 2. The number of piperidine rings is 3. The van der Waals surface area contributed by atoms with Crippen LogP contribution in [0.2, 0.25) is 0 Å². The van der Waals surface area contributed by atoms with Crippen LogP contribution in [0.25, 0.3) is 33.5 Å². The van der Waals surface area contributed by atoms with Crippen molar-refractivity contribution in [3.05, 3.63) is 36.4 Å². The molecule has 0 amide bonds. The van der Waals surface area contributed by atoms with E-state index in [0.717, 1.165) is 77.8 Å². The molecule has 3 fully saturated rings. The van der Waals surface area contributed by atoms with Gasteiger partial charge in [0.1, 0.15) is 17.5 Å². The maximum Gasteiger partial charge on any atom is 0.159 e. The highest BCUT2D eigenvalue weighted by molar-refractivity contribution is 5.94. The Kier molecular flexibility index (Phi) is 6.91. The molecule has 3 aliphatic heterocycles. The Morgan fingerprint density at radius 2 is 1.77 bits per heavy atom. The van der Waals surface area contributed by atoms with Crippen LogP contribution in [0, 0.1) is 0 Å². The second-order valence-electron chi connectivity index (χ2n) is 11.7. The van der Waals surface area contributed by atoms with E-state index in [9.17, 15) is 0 Å². The molecular formula is C31H41N7O. The summed E-state index contributed by atoms with van der Waals surface area (Å²) in [5, 5.41) is 8.91. The van der Waals surface area contributed by atoms with Gasteiger partial charge in [0.2, 0.25) is 0 Å². The summed E-state index contributed by atoms with van der Waals surface area (Å²) in [5.74, 6) is 1.70. The molecule has 1 unspecified atom stereocenters. The van der Waals surface area contributed by atoms with Gasteiger partial charge in [0.05, 0.1) is 16.6 Å². The van der Waals surface area contributed by atoms with Gasteiger partial charge in [-0.15, -0.1) is 0 Å². The number of anilines is 1. The van der Waals surface area contributed by atoms with E-state index in [1.807, 2.05) is 0 Å². The molecule has 1 atom stereocenters. The lowest BCUT2D eigenvalue weighted by Crippen LogP contribution is -2.46. The number of fused-ring (bicyclic) bond motifs is 2. The molecule has 0 aliphatic carbocycles. The van der Waals surface area contributed by atoms with Crippen LogP contribution < -0.4 is 9.64 Å². The van der Waals surface area contributed by atoms with Crippen LogP contribution in [0.5, 0.6) is 5.75 Å². The molecule has 0 spiro atoms. The first-order chi connectivity index (χ1) is 19.2. The number of benzene rings is 2. The maximum atomic E-state index is 6.35. The first-order valence-electron chi connectivity index (χ1n) is 15.1. The Bertz CT molecular complexity index is 1410. The monoisotopic (exact) mass is 527 g/mol. The number of likely N-dealkylation sites (tertiary alicyclic amines) is 2. The van der Waals surface area contributed by atoms with Gasteiger partial charge in [-0.3, -0.25) is 10.00 Å². The van der Waals surface area contributed by atoms with Crippen LogP contribution >= 0.6 is 0 Å². The van der Waals surface area contributed by atoms with Crippen LogP contribution in [0.3, 0.4) is 0 Å². The third kappa shape index (κ3) is 5.12. The smallest absolute Gasteiger partial charge is 0.159 e. The molecule has 2 aromatic carbocycles. The fourth-order valence-corrected chi connectivity index (χ4v) is 6.92. The first kappa shape index (κ1) is 24.9. The number of imidazole rings is 1. The van der Waals surface area contributed by atoms with Crippen LogP contribution in [0.4, 0.5) is 5.69 Å². The number of hydrogen-bond acceptors (Lipinski definition) is 6. The lowest BCUT2D eigenvalue weighted by Gasteiger charge is -2.41. The van der Waals surface area contributed by atoms with E-state index >= 15 is 0 Å². The third-order valence-electron chi connectivity index (χ3n) is 9.17. The van der Waals surface area contributed by atoms with E-state index in [-0.39, 0.29) is 6.10 Å². The average molecular weight is 528 g/mol. The van der Waals surface area contributed by atoms with E-state index in [1.165, 1.54) is 63.8 Å². The van der Waals surface area contributed by atoms with Crippen molar-refractivity contribution in [2.24, 2.45) is 0 Å². The van der Waals surface area contributed by atoms with Gasteiger partial charge in [0.15, 0.2) is 5.82 Å². The molecule has 8 nitrogen and oxygen atoms in total. The summed E-state index contributed by atoms with van der Waals surface area (Å²) in [5.41, 5.74) is 5.16. The first-order valence-corrected chi connectivity index (χ1v) is 15.1. The second kappa shape index (κ2) is 10.8. The normalized spacial score (nSPS) is 22.2. The molecule has 0 radical (unpaired) electrons. The predicted octanol–water partition coefficient (Wildman–Crippen LogP) is 5.42. The second-order valence-corrected chi connectivity index (χ2v) is 11.7. The van der Waals surface area contributed by atoms with Crippen molar-refractivity contribution < 1.29 is 4.74 Å². The van der Waals surface area contributed by atoms with Crippen molar-refractivity contribution in [2.75, 3.05) is 50.7 Å². The van der Waals surface area contributed by atoms with Gasteiger partial charge in [0, 0.05) is 42.8 Å². The van der Waals surface area contributed by atoms with Crippen molar-refractivity contribution in [1.29, 1.82) is 0 Å². The van der Waals surface area contributed by atoms with Gasteiger partial charge < -0.3 is 19.5 Å². The molecule has 7 rings (SSSR count). The van der Waals surface area contributed by atoms with E-state index in [2.05, 4.69) is 73.2 Å². The number of rotatable bonds is 6. The minimum Gasteiger partial charge on any atom is -0.489 e. The van der Waals surface area contributed by atoms with Crippen molar-refractivity contribution in [3.8, 4) is 17.3 Å². The Labute approximate surface area is 230 Å². The van der Waals surface area contributed by atoms with Gasteiger partial charge in [0.25, 0.3) is 0 Å². The van der Waals surface area contributed by atoms with Crippen molar-refractivity contribution in [3.63, 3.8) is 0 Å². The molecule has 8 heteroatoms. The maximum absolute atomic E-state index is 6.35. The lowest BCUT2D eigenvalue weighted by molar-refractivity contribution is 0.0921. The van der Waals surface area contributed by atoms with Crippen LogP contribution in [0.1, 0.15) is 51.9 Å². The summed E-state index contributed by atoms with van der Waals surface area (Å²) in [4.78, 5) is 16.2. The summed E-state index contributed by atoms with van der Waals surface area (Å²) >= 11 is 0. The quantitative estimate of drug-likeness (QED) is 0.349. The number of aromatic nitrogens is 4. The standard InChI is InChI=1S/C31H41N7O/c1-2-36-14-6-7-25(21-36)39-24-9-10-26-28(20-24)34-35-30(26)31-32-27-11-8-23(19-29(27)33-31)38-17-12-22(13-18-38)37-15-4-3-5-16-37/h8-11,19-20,22,25H,2-7,12-18,21H2,1H3,(H,32,33)(H,34,35). The van der Waals surface area contributed by atoms with E-state index in [1.54, 1.807) is 0 Å². The van der Waals surface area contributed by atoms with Gasteiger partial charge in [-0.1, -0.05) is 13.3 Å². The zero-order valence-electron chi connectivity index (χ0n) is 23.2. The minimum atomic E-state index is 0.249. The molecule has 5 heterocycles. The fraction of sp³-hybridized carbons (Fsp3) is 0.548. The molecule has 39 heavy (non-hydrogen) atoms. The lowest BCUT2D eigenvalue weighted by atomic mass is 9.99. The molecule has 206 valence electrons. The number of ether oxygens (including phenoxy) is 1. The van der Waals surface area contributed by atoms with Gasteiger partial charge in [-0.05, 0) is 95.0 Å². The van der Waals surface area contributed by atoms with Gasteiger partial charge in [-0.2, -0.15) is 5.10 Å². The predicted molar refractivity (Wildman–Crippen MR) is 158 cm³/mol. The molecule has 0 bridgehead atoms. The summed E-state index contributed by atoms with van der Waals surface area (Å²) < 4.78 is 6.35. The molecular weight excluding hydrogens is 486 g/mol. The number of hydrogen-bond donors (Lipinski definition) is 2. The molecule has 4 aromatic rings. The molecule has 0 saturated carbocycles. The number of nitrogens with zero attached hydrogens (tertiary/aromatic N) is 5. The Balaban J connectivity index is 1.05.